The number of carbonyl (C=O) groups excluding carboxylic acids is 2. The largest absolute Gasteiger partial charge is 0.497 e. The summed E-state index contributed by atoms with van der Waals surface area (Å²) in [4.78, 5) is 28.4. The highest BCUT2D eigenvalue weighted by atomic mass is 32.2. The van der Waals surface area contributed by atoms with Crippen LogP contribution in [0.1, 0.15) is 5.56 Å². The first-order valence-electron chi connectivity index (χ1n) is 8.24. The molecule has 1 aliphatic heterocycles. The van der Waals surface area contributed by atoms with Crippen LogP contribution in [-0.2, 0) is 9.59 Å². The van der Waals surface area contributed by atoms with E-state index in [1.807, 2.05) is 19.0 Å². The van der Waals surface area contributed by atoms with Crippen molar-refractivity contribution in [2.45, 2.75) is 0 Å². The maximum atomic E-state index is 12.7. The molecule has 1 saturated heterocycles. The second-order valence-electron chi connectivity index (χ2n) is 6.03. The zero-order valence-electron chi connectivity index (χ0n) is 15.8. The molecular weight excluding hydrogens is 386 g/mol. The number of nitrogens with one attached hydrogen (secondary N) is 1. The molecule has 0 aliphatic carbocycles. The Morgan fingerprint density at radius 3 is 2.70 bits per heavy atom. The Morgan fingerprint density at radius 1 is 1.33 bits per heavy atom. The van der Waals surface area contributed by atoms with Crippen LogP contribution < -0.4 is 14.8 Å². The molecule has 1 aromatic rings. The lowest BCUT2D eigenvalue weighted by atomic mass is 10.1. The van der Waals surface area contributed by atoms with Crippen molar-refractivity contribution in [3.8, 4) is 11.5 Å². The summed E-state index contributed by atoms with van der Waals surface area (Å²) in [7, 11) is 6.97. The van der Waals surface area contributed by atoms with E-state index in [1.165, 1.54) is 16.7 Å². The van der Waals surface area contributed by atoms with Crippen LogP contribution in [0.15, 0.2) is 23.1 Å². The summed E-state index contributed by atoms with van der Waals surface area (Å²) in [6.07, 6.45) is 1.71. The Morgan fingerprint density at radius 2 is 2.07 bits per heavy atom. The molecule has 146 valence electrons. The Hall–Kier alpha value is -2.10. The fourth-order valence-electron chi connectivity index (χ4n) is 2.33. The lowest BCUT2D eigenvalue weighted by Gasteiger charge is -2.15. The average Bonchev–Trinajstić information content (AvgIpc) is 2.89. The van der Waals surface area contributed by atoms with Crippen LogP contribution in [0.4, 0.5) is 0 Å². The molecule has 7 nitrogen and oxygen atoms in total. The van der Waals surface area contributed by atoms with Gasteiger partial charge in [0, 0.05) is 24.7 Å². The molecule has 1 N–H and O–H groups in total. The number of likely N-dealkylation sites (N-methyl/N-ethyl adjacent to an activating group) is 1. The van der Waals surface area contributed by atoms with Crippen molar-refractivity contribution in [1.82, 2.24) is 15.1 Å². The number of hydrogen-bond acceptors (Lipinski definition) is 7. The predicted octanol–water partition coefficient (Wildman–Crippen LogP) is 1.58. The zero-order chi connectivity index (χ0) is 20.0. The molecule has 1 heterocycles. The summed E-state index contributed by atoms with van der Waals surface area (Å²) in [5.41, 5.74) is 0.731. The topological polar surface area (TPSA) is 71.1 Å². The first kappa shape index (κ1) is 21.2. The molecule has 0 atom stereocenters. The molecule has 0 bridgehead atoms. The maximum Gasteiger partial charge on any atom is 0.266 e. The number of ether oxygens (including phenoxy) is 2. The normalized spacial score (nSPS) is 15.6. The zero-order valence-corrected chi connectivity index (χ0v) is 17.4. The number of nitrogens with zero attached hydrogens (tertiary/aromatic N) is 2. The Bertz CT molecular complexity index is 765. The van der Waals surface area contributed by atoms with Gasteiger partial charge >= 0.3 is 0 Å². The maximum absolute atomic E-state index is 12.7. The van der Waals surface area contributed by atoms with Gasteiger partial charge in [-0.2, -0.15) is 0 Å². The molecule has 2 rings (SSSR count). The molecule has 0 aromatic heterocycles. The van der Waals surface area contributed by atoms with Crippen LogP contribution in [0, 0.1) is 0 Å². The first-order chi connectivity index (χ1) is 12.8. The number of rotatable bonds is 8. The fraction of sp³-hybridized carbons (Fsp3) is 0.389. The van der Waals surface area contributed by atoms with Gasteiger partial charge in [-0.3, -0.25) is 14.5 Å². The molecule has 0 spiro atoms. The minimum absolute atomic E-state index is 0.0881. The van der Waals surface area contributed by atoms with E-state index in [0.717, 1.165) is 12.1 Å². The minimum Gasteiger partial charge on any atom is -0.497 e. The molecule has 1 aliphatic rings. The highest BCUT2D eigenvalue weighted by Gasteiger charge is 2.33. The van der Waals surface area contributed by atoms with Crippen LogP contribution in [0.2, 0.25) is 0 Å². The quantitative estimate of drug-likeness (QED) is 0.516. The van der Waals surface area contributed by atoms with Crippen LogP contribution >= 0.6 is 24.0 Å². The van der Waals surface area contributed by atoms with Gasteiger partial charge in [-0.15, -0.1) is 0 Å². The van der Waals surface area contributed by atoms with E-state index in [-0.39, 0.29) is 18.4 Å². The third-order valence-electron chi connectivity index (χ3n) is 3.78. The van der Waals surface area contributed by atoms with E-state index in [0.29, 0.717) is 27.3 Å². The van der Waals surface area contributed by atoms with Gasteiger partial charge in [-0.1, -0.05) is 24.0 Å². The van der Waals surface area contributed by atoms with Crippen LogP contribution in [0.5, 0.6) is 11.5 Å². The first-order valence-corrected chi connectivity index (χ1v) is 9.47. The van der Waals surface area contributed by atoms with Gasteiger partial charge in [0.25, 0.3) is 5.91 Å². The molecule has 27 heavy (non-hydrogen) atoms. The number of benzene rings is 1. The highest BCUT2D eigenvalue weighted by molar-refractivity contribution is 8.26. The summed E-state index contributed by atoms with van der Waals surface area (Å²) >= 11 is 6.44. The molecule has 1 aromatic carbocycles. The third-order valence-corrected chi connectivity index (χ3v) is 5.16. The number of carbonyl (C=O) groups is 2. The van der Waals surface area contributed by atoms with Crippen LogP contribution in [0.25, 0.3) is 6.08 Å². The second kappa shape index (κ2) is 9.72. The van der Waals surface area contributed by atoms with Crippen molar-refractivity contribution >= 4 is 46.2 Å². The van der Waals surface area contributed by atoms with Crippen molar-refractivity contribution in [2.24, 2.45) is 0 Å². The monoisotopic (exact) mass is 409 g/mol. The van der Waals surface area contributed by atoms with Crippen molar-refractivity contribution in [1.29, 1.82) is 0 Å². The van der Waals surface area contributed by atoms with E-state index in [9.17, 15) is 9.59 Å². The Labute approximate surface area is 168 Å². The van der Waals surface area contributed by atoms with Gasteiger partial charge in [0.05, 0.1) is 19.1 Å². The average molecular weight is 410 g/mol. The van der Waals surface area contributed by atoms with E-state index >= 15 is 0 Å². The summed E-state index contributed by atoms with van der Waals surface area (Å²) in [5.74, 6) is 0.717. The third kappa shape index (κ3) is 5.69. The fourth-order valence-corrected chi connectivity index (χ4v) is 3.58. The SMILES string of the molecule is COc1ccc(/C=C2\SC(=S)N(CC(=O)NCCN(C)C)C2=O)c(OC)c1. The summed E-state index contributed by atoms with van der Waals surface area (Å²) in [5, 5.41) is 2.78. The van der Waals surface area contributed by atoms with Gasteiger partial charge in [-0.25, -0.2) is 0 Å². The van der Waals surface area contributed by atoms with Crippen LogP contribution in [0.3, 0.4) is 0 Å². The van der Waals surface area contributed by atoms with Gasteiger partial charge in [0.1, 0.15) is 22.4 Å². The summed E-state index contributed by atoms with van der Waals surface area (Å²) < 4.78 is 10.9. The standard InChI is InChI=1S/C18H23N3O4S2/c1-20(2)8-7-19-16(22)11-21-17(23)15(27-18(21)26)9-12-5-6-13(24-3)10-14(12)25-4/h5-6,9-10H,7-8,11H2,1-4H3,(H,19,22)/b15-9-. The van der Waals surface area contributed by atoms with Gasteiger partial charge in [0.15, 0.2) is 0 Å². The molecule has 0 unspecified atom stereocenters. The number of thiocarbonyl (C=S) groups is 1. The van der Waals surface area contributed by atoms with Crippen LogP contribution in [-0.4, -0.2) is 73.9 Å². The molecule has 2 amide bonds. The second-order valence-corrected chi connectivity index (χ2v) is 7.70. The summed E-state index contributed by atoms with van der Waals surface area (Å²) in [6.45, 7) is 1.15. The molecule has 0 saturated carbocycles. The Kier molecular flexibility index (Phi) is 7.64. The van der Waals surface area contributed by atoms with E-state index < -0.39 is 0 Å². The number of methoxy groups -OCH3 is 2. The summed E-state index contributed by atoms with van der Waals surface area (Å²) in [6, 6.07) is 5.33. The predicted molar refractivity (Wildman–Crippen MR) is 111 cm³/mol. The lowest BCUT2D eigenvalue weighted by Crippen LogP contribution is -2.41. The van der Waals surface area contributed by atoms with E-state index in [1.54, 1.807) is 38.5 Å². The molecule has 1 fully saturated rings. The van der Waals surface area contributed by atoms with Crippen molar-refractivity contribution in [3.63, 3.8) is 0 Å². The minimum atomic E-state index is -0.286. The number of thioether (sulfide) groups is 1. The molecular formula is C18H23N3O4S2. The number of hydrogen-bond donors (Lipinski definition) is 1. The van der Waals surface area contributed by atoms with Crippen molar-refractivity contribution in [2.75, 3.05) is 47.9 Å². The Balaban J connectivity index is 2.09. The van der Waals surface area contributed by atoms with Gasteiger partial charge in [-0.05, 0) is 32.3 Å². The van der Waals surface area contributed by atoms with Crippen molar-refractivity contribution in [3.05, 3.63) is 28.7 Å². The molecule has 9 heteroatoms. The smallest absolute Gasteiger partial charge is 0.266 e. The number of amides is 2. The van der Waals surface area contributed by atoms with Crippen molar-refractivity contribution < 1.29 is 19.1 Å². The van der Waals surface area contributed by atoms with Gasteiger partial charge in [0.2, 0.25) is 5.91 Å². The van der Waals surface area contributed by atoms with E-state index in [2.05, 4.69) is 5.32 Å². The van der Waals surface area contributed by atoms with Gasteiger partial charge < -0.3 is 19.7 Å². The molecule has 0 radical (unpaired) electrons. The highest BCUT2D eigenvalue weighted by Crippen LogP contribution is 2.35. The van der Waals surface area contributed by atoms with E-state index in [4.69, 9.17) is 21.7 Å². The lowest BCUT2D eigenvalue weighted by molar-refractivity contribution is -0.128.